The molecule has 0 aliphatic carbocycles. The fourth-order valence-corrected chi connectivity index (χ4v) is 3.55. The van der Waals surface area contributed by atoms with Gasteiger partial charge in [0.25, 0.3) is 5.91 Å². The molecule has 0 radical (unpaired) electrons. The number of nitrogens with one attached hydrogen (secondary N) is 1. The fraction of sp³-hybridized carbons (Fsp3) is 0.182. The summed E-state index contributed by atoms with van der Waals surface area (Å²) in [5.74, 6) is -0.557. The van der Waals surface area contributed by atoms with Crippen LogP contribution in [-0.2, 0) is 11.7 Å². The quantitative estimate of drug-likeness (QED) is 0.630. The molecule has 1 unspecified atom stereocenters. The lowest BCUT2D eigenvalue weighted by Gasteiger charge is -2.39. The minimum atomic E-state index is -4.48. The molecule has 1 atom stereocenters. The van der Waals surface area contributed by atoms with Crippen molar-refractivity contribution in [2.45, 2.75) is 18.1 Å². The third-order valence-corrected chi connectivity index (χ3v) is 5.05. The number of carbonyl (C=O) groups excluding carboxylic acids is 1. The molecule has 1 aliphatic rings. The highest BCUT2D eigenvalue weighted by Crippen LogP contribution is 2.41. The van der Waals surface area contributed by atoms with E-state index in [0.717, 1.165) is 24.3 Å². The van der Waals surface area contributed by atoms with Crippen molar-refractivity contribution in [3.05, 3.63) is 95.1 Å². The molecule has 154 valence electrons. The Labute approximate surface area is 169 Å². The zero-order chi connectivity index (χ0) is 21.4. The van der Waals surface area contributed by atoms with Gasteiger partial charge in [-0.1, -0.05) is 12.1 Å². The maximum atomic E-state index is 13.2. The Morgan fingerprint density at radius 2 is 1.73 bits per heavy atom. The maximum absolute atomic E-state index is 13.2. The van der Waals surface area contributed by atoms with Crippen LogP contribution in [0.4, 0.5) is 17.6 Å². The van der Waals surface area contributed by atoms with Crippen molar-refractivity contribution in [2.75, 3.05) is 6.61 Å². The first kappa shape index (κ1) is 19.9. The summed E-state index contributed by atoms with van der Waals surface area (Å²) in [7, 11) is 0. The van der Waals surface area contributed by atoms with Crippen LogP contribution in [-0.4, -0.2) is 17.5 Å². The van der Waals surface area contributed by atoms with E-state index in [1.54, 1.807) is 12.1 Å². The van der Waals surface area contributed by atoms with Crippen LogP contribution in [0.1, 0.15) is 33.6 Å². The second kappa shape index (κ2) is 7.44. The van der Waals surface area contributed by atoms with Gasteiger partial charge >= 0.3 is 6.18 Å². The second-order valence-electron chi connectivity index (χ2n) is 6.89. The van der Waals surface area contributed by atoms with Crippen molar-refractivity contribution >= 4 is 5.91 Å². The highest BCUT2D eigenvalue weighted by atomic mass is 19.4. The van der Waals surface area contributed by atoms with Gasteiger partial charge in [-0.05, 0) is 54.1 Å². The molecule has 30 heavy (non-hydrogen) atoms. The van der Waals surface area contributed by atoms with Crippen molar-refractivity contribution < 1.29 is 27.1 Å². The summed E-state index contributed by atoms with van der Waals surface area (Å²) < 4.78 is 58.0. The number of alkyl halides is 3. The SMILES string of the molecule is O=C(NC1(c2ccc(C(F)(F)F)cc2)CCOc2cccnc21)c1ccc(F)cc1. The van der Waals surface area contributed by atoms with Crippen LogP contribution in [0.5, 0.6) is 5.75 Å². The lowest BCUT2D eigenvalue weighted by Crippen LogP contribution is -2.50. The summed E-state index contributed by atoms with van der Waals surface area (Å²) in [6, 6.07) is 13.0. The minimum absolute atomic E-state index is 0.214. The summed E-state index contributed by atoms with van der Waals surface area (Å²) in [6.45, 7) is 0.226. The van der Waals surface area contributed by atoms with Gasteiger partial charge in [0.05, 0.1) is 12.2 Å². The smallest absolute Gasteiger partial charge is 0.416 e. The predicted octanol–water partition coefficient (Wildman–Crippen LogP) is 4.70. The van der Waals surface area contributed by atoms with E-state index < -0.39 is 29.0 Å². The number of aromatic nitrogens is 1. The van der Waals surface area contributed by atoms with Gasteiger partial charge in [-0.3, -0.25) is 9.78 Å². The van der Waals surface area contributed by atoms with E-state index in [2.05, 4.69) is 10.3 Å². The van der Waals surface area contributed by atoms with E-state index in [1.807, 2.05) is 0 Å². The minimum Gasteiger partial charge on any atom is -0.491 e. The molecule has 0 spiro atoms. The van der Waals surface area contributed by atoms with Gasteiger partial charge in [-0.15, -0.1) is 0 Å². The zero-order valence-corrected chi connectivity index (χ0v) is 15.5. The van der Waals surface area contributed by atoms with E-state index in [-0.39, 0.29) is 18.6 Å². The van der Waals surface area contributed by atoms with Crippen molar-refractivity contribution in [1.29, 1.82) is 0 Å². The van der Waals surface area contributed by atoms with Gasteiger partial charge in [0, 0.05) is 18.2 Å². The van der Waals surface area contributed by atoms with E-state index in [9.17, 15) is 22.4 Å². The molecule has 8 heteroatoms. The Kier molecular flexibility index (Phi) is 4.93. The molecule has 1 aliphatic heterocycles. The Balaban J connectivity index is 1.80. The molecule has 0 saturated heterocycles. The van der Waals surface area contributed by atoms with Gasteiger partial charge in [0.2, 0.25) is 0 Å². The van der Waals surface area contributed by atoms with Gasteiger partial charge in [0.1, 0.15) is 22.8 Å². The van der Waals surface area contributed by atoms with E-state index in [4.69, 9.17) is 4.74 Å². The average molecular weight is 416 g/mol. The number of amides is 1. The molecule has 2 aromatic carbocycles. The van der Waals surface area contributed by atoms with Gasteiger partial charge in [0.15, 0.2) is 0 Å². The van der Waals surface area contributed by atoms with Crippen LogP contribution < -0.4 is 10.1 Å². The number of fused-ring (bicyclic) bond motifs is 1. The third-order valence-electron chi connectivity index (χ3n) is 5.05. The Hall–Kier alpha value is -3.42. The number of ether oxygens (including phenoxy) is 1. The summed E-state index contributed by atoms with van der Waals surface area (Å²) in [6.07, 6.45) is -2.69. The van der Waals surface area contributed by atoms with Crippen molar-refractivity contribution in [2.24, 2.45) is 0 Å². The summed E-state index contributed by atoms with van der Waals surface area (Å²) >= 11 is 0. The van der Waals surface area contributed by atoms with E-state index in [1.165, 1.54) is 30.5 Å². The number of halogens is 4. The number of benzene rings is 2. The summed E-state index contributed by atoms with van der Waals surface area (Å²) in [5, 5.41) is 2.91. The number of pyridine rings is 1. The normalized spacial score (nSPS) is 18.3. The lowest BCUT2D eigenvalue weighted by molar-refractivity contribution is -0.137. The average Bonchev–Trinajstić information content (AvgIpc) is 2.74. The van der Waals surface area contributed by atoms with Crippen LogP contribution in [0, 0.1) is 5.82 Å². The molecule has 0 fully saturated rings. The first-order valence-corrected chi connectivity index (χ1v) is 9.14. The van der Waals surface area contributed by atoms with Gasteiger partial charge < -0.3 is 10.1 Å². The largest absolute Gasteiger partial charge is 0.491 e. The Morgan fingerprint density at radius 1 is 1.03 bits per heavy atom. The zero-order valence-electron chi connectivity index (χ0n) is 15.5. The molecule has 2 heterocycles. The lowest BCUT2D eigenvalue weighted by atomic mass is 9.80. The highest BCUT2D eigenvalue weighted by molar-refractivity contribution is 5.95. The number of hydrogen-bond donors (Lipinski definition) is 1. The highest BCUT2D eigenvalue weighted by Gasteiger charge is 2.43. The van der Waals surface area contributed by atoms with Crippen LogP contribution in [0.25, 0.3) is 0 Å². The molecule has 1 aromatic heterocycles. The molecule has 4 rings (SSSR count). The molecular weight excluding hydrogens is 400 g/mol. The van der Waals surface area contributed by atoms with E-state index in [0.29, 0.717) is 17.0 Å². The van der Waals surface area contributed by atoms with Crippen molar-refractivity contribution in [1.82, 2.24) is 10.3 Å². The number of carbonyl (C=O) groups is 1. The van der Waals surface area contributed by atoms with Gasteiger partial charge in [-0.2, -0.15) is 13.2 Å². The van der Waals surface area contributed by atoms with Crippen LogP contribution >= 0.6 is 0 Å². The van der Waals surface area contributed by atoms with Crippen molar-refractivity contribution in [3.8, 4) is 5.75 Å². The monoisotopic (exact) mass is 416 g/mol. The maximum Gasteiger partial charge on any atom is 0.416 e. The number of nitrogens with zero attached hydrogens (tertiary/aromatic N) is 1. The molecule has 1 N–H and O–H groups in total. The summed E-state index contributed by atoms with van der Waals surface area (Å²) in [5.41, 5.74) is -0.948. The molecule has 1 amide bonds. The standard InChI is InChI=1S/C22H16F4N2O2/c23-17-9-3-14(4-10-17)20(29)28-21(11-13-30-18-2-1-12-27-19(18)21)15-5-7-16(8-6-15)22(24,25)26/h1-10,12H,11,13H2,(H,28,29). The third kappa shape index (κ3) is 3.60. The first-order valence-electron chi connectivity index (χ1n) is 9.14. The molecule has 4 nitrogen and oxygen atoms in total. The Morgan fingerprint density at radius 3 is 2.40 bits per heavy atom. The number of hydrogen-bond acceptors (Lipinski definition) is 3. The topological polar surface area (TPSA) is 51.2 Å². The Bertz CT molecular complexity index is 1070. The first-order chi connectivity index (χ1) is 14.3. The van der Waals surface area contributed by atoms with Crippen LogP contribution in [0.15, 0.2) is 66.9 Å². The van der Waals surface area contributed by atoms with E-state index >= 15 is 0 Å². The number of rotatable bonds is 3. The second-order valence-corrected chi connectivity index (χ2v) is 6.89. The molecule has 0 bridgehead atoms. The van der Waals surface area contributed by atoms with Crippen LogP contribution in [0.2, 0.25) is 0 Å². The summed E-state index contributed by atoms with van der Waals surface area (Å²) in [4.78, 5) is 17.3. The van der Waals surface area contributed by atoms with Crippen LogP contribution in [0.3, 0.4) is 0 Å². The van der Waals surface area contributed by atoms with Crippen molar-refractivity contribution in [3.63, 3.8) is 0 Å². The predicted molar refractivity (Wildman–Crippen MR) is 100 cm³/mol. The fourth-order valence-electron chi connectivity index (χ4n) is 3.55. The molecule has 3 aromatic rings. The molecule has 0 saturated carbocycles. The van der Waals surface area contributed by atoms with Gasteiger partial charge in [-0.25, -0.2) is 4.39 Å². The molecular formula is C22H16F4N2O2.